The summed E-state index contributed by atoms with van der Waals surface area (Å²) in [6, 6.07) is 14.3. The van der Waals surface area contributed by atoms with Gasteiger partial charge in [-0.05, 0) is 46.9 Å². The van der Waals surface area contributed by atoms with Gasteiger partial charge in [0.05, 0.1) is 11.1 Å². The molecule has 0 aliphatic heterocycles. The lowest BCUT2D eigenvalue weighted by atomic mass is 10.0. The molecule has 0 fully saturated rings. The van der Waals surface area contributed by atoms with Crippen LogP contribution in [-0.2, 0) is 12.8 Å². The number of fused-ring (bicyclic) bond motifs is 3. The van der Waals surface area contributed by atoms with E-state index in [2.05, 4.69) is 13.0 Å². The van der Waals surface area contributed by atoms with Crippen molar-refractivity contribution in [2.45, 2.75) is 19.8 Å². The fourth-order valence-electron chi connectivity index (χ4n) is 3.48. The van der Waals surface area contributed by atoms with Gasteiger partial charge in [-0.25, -0.2) is 13.6 Å². The third kappa shape index (κ3) is 2.93. The average molecular weight is 375 g/mol. The van der Waals surface area contributed by atoms with Gasteiger partial charge in [0, 0.05) is 18.1 Å². The van der Waals surface area contributed by atoms with E-state index in [1.165, 1.54) is 23.8 Å². The van der Waals surface area contributed by atoms with Gasteiger partial charge < -0.3 is 4.74 Å². The maximum absolute atomic E-state index is 15.1. The van der Waals surface area contributed by atoms with E-state index in [9.17, 15) is 9.18 Å². The van der Waals surface area contributed by atoms with Gasteiger partial charge in [-0.1, -0.05) is 31.2 Å². The molecule has 0 N–H and O–H groups in total. The smallest absolute Gasteiger partial charge is 0.346 e. The van der Waals surface area contributed by atoms with Crippen molar-refractivity contribution in [3.63, 3.8) is 0 Å². The van der Waals surface area contributed by atoms with E-state index in [-0.39, 0.29) is 16.9 Å². The third-order valence-electron chi connectivity index (χ3n) is 4.97. The van der Waals surface area contributed by atoms with Crippen LogP contribution in [0.15, 0.2) is 48.5 Å². The van der Waals surface area contributed by atoms with Gasteiger partial charge in [-0.3, -0.25) is 0 Å². The fraction of sp³-hybridized carbons (Fsp3) is 0.130. The molecule has 1 aliphatic rings. The SMILES string of the molecule is CCc1ccc2c(c1)Cc1c-2ccc(C(=O)Oc2ccc(C#N)c(F)c2)c1F. The maximum Gasteiger partial charge on any atom is 0.346 e. The van der Waals surface area contributed by atoms with Crippen molar-refractivity contribution < 1.29 is 18.3 Å². The highest BCUT2D eigenvalue weighted by Gasteiger charge is 2.26. The number of halogens is 2. The Morgan fingerprint density at radius 2 is 1.89 bits per heavy atom. The monoisotopic (exact) mass is 375 g/mol. The molecule has 0 aromatic heterocycles. The Kier molecular flexibility index (Phi) is 4.40. The van der Waals surface area contributed by atoms with Crippen molar-refractivity contribution in [3.05, 3.63) is 88.0 Å². The zero-order valence-electron chi connectivity index (χ0n) is 15.1. The highest BCUT2D eigenvalue weighted by atomic mass is 19.1. The van der Waals surface area contributed by atoms with E-state index in [1.54, 1.807) is 12.1 Å². The first kappa shape index (κ1) is 17.9. The number of hydrogen-bond donors (Lipinski definition) is 0. The molecule has 0 saturated heterocycles. The predicted octanol–water partition coefficient (Wildman–Crippen LogP) is 5.19. The number of nitrogens with zero attached hydrogens (tertiary/aromatic N) is 1. The molecular weight excluding hydrogens is 360 g/mol. The number of esters is 1. The molecule has 0 heterocycles. The number of carbonyl (C=O) groups excluding carboxylic acids is 1. The molecule has 1 aliphatic carbocycles. The quantitative estimate of drug-likeness (QED) is 0.366. The van der Waals surface area contributed by atoms with Gasteiger partial charge in [0.15, 0.2) is 0 Å². The van der Waals surface area contributed by atoms with Crippen molar-refractivity contribution in [3.8, 4) is 22.9 Å². The first-order chi connectivity index (χ1) is 13.5. The molecule has 0 atom stereocenters. The minimum atomic E-state index is -0.908. The summed E-state index contributed by atoms with van der Waals surface area (Å²) in [6.45, 7) is 2.06. The lowest BCUT2D eigenvalue weighted by Gasteiger charge is -2.09. The van der Waals surface area contributed by atoms with Crippen LogP contribution in [-0.4, -0.2) is 5.97 Å². The zero-order valence-corrected chi connectivity index (χ0v) is 15.1. The van der Waals surface area contributed by atoms with Gasteiger partial charge >= 0.3 is 5.97 Å². The van der Waals surface area contributed by atoms with Crippen molar-refractivity contribution in [1.82, 2.24) is 0 Å². The van der Waals surface area contributed by atoms with E-state index >= 15 is 4.39 Å². The van der Waals surface area contributed by atoms with Crippen molar-refractivity contribution >= 4 is 5.97 Å². The van der Waals surface area contributed by atoms with Crippen LogP contribution >= 0.6 is 0 Å². The first-order valence-electron chi connectivity index (χ1n) is 8.87. The number of benzene rings is 3. The molecule has 3 nitrogen and oxygen atoms in total. The van der Waals surface area contributed by atoms with Gasteiger partial charge in [0.2, 0.25) is 0 Å². The zero-order chi connectivity index (χ0) is 19.8. The second-order valence-corrected chi connectivity index (χ2v) is 6.62. The highest BCUT2D eigenvalue weighted by Crippen LogP contribution is 2.39. The number of hydrogen-bond acceptors (Lipinski definition) is 3. The van der Waals surface area contributed by atoms with Crippen LogP contribution in [0.4, 0.5) is 8.78 Å². The molecule has 0 radical (unpaired) electrons. The Labute approximate surface area is 160 Å². The van der Waals surface area contributed by atoms with Gasteiger partial charge in [0.25, 0.3) is 0 Å². The molecular formula is C23H15F2NO2. The van der Waals surface area contributed by atoms with Crippen LogP contribution in [0.3, 0.4) is 0 Å². The molecule has 0 bridgehead atoms. The number of nitriles is 1. The molecule has 138 valence electrons. The summed E-state index contributed by atoms with van der Waals surface area (Å²) in [5, 5.41) is 8.76. The number of aryl methyl sites for hydroxylation is 1. The Morgan fingerprint density at radius 1 is 1.11 bits per heavy atom. The molecule has 3 aromatic rings. The van der Waals surface area contributed by atoms with Crippen LogP contribution in [0.25, 0.3) is 11.1 Å². The normalized spacial score (nSPS) is 11.5. The summed E-state index contributed by atoms with van der Waals surface area (Å²) >= 11 is 0. The summed E-state index contributed by atoms with van der Waals surface area (Å²) in [7, 11) is 0. The molecule has 0 unspecified atom stereocenters. The van der Waals surface area contributed by atoms with Crippen LogP contribution in [0.1, 0.15) is 39.5 Å². The molecule has 4 rings (SSSR count). The van der Waals surface area contributed by atoms with E-state index < -0.39 is 17.6 Å². The molecule has 5 heteroatoms. The van der Waals surface area contributed by atoms with E-state index in [0.717, 1.165) is 29.2 Å². The minimum absolute atomic E-state index is 0.0859. The molecule has 0 spiro atoms. The standard InChI is InChI=1S/C23H15F2NO2/c1-2-13-3-6-17-15(9-13)10-20-18(17)7-8-19(22(20)25)23(27)28-16-5-4-14(12-26)21(24)11-16/h3-9,11H,2,10H2,1H3. The van der Waals surface area contributed by atoms with Gasteiger partial charge in [-0.2, -0.15) is 5.26 Å². The van der Waals surface area contributed by atoms with Crippen molar-refractivity contribution in [2.24, 2.45) is 0 Å². The van der Waals surface area contributed by atoms with Crippen molar-refractivity contribution in [1.29, 1.82) is 5.26 Å². The molecule has 0 saturated carbocycles. The summed E-state index contributed by atoms with van der Waals surface area (Å²) in [5.41, 5.74) is 4.06. The largest absolute Gasteiger partial charge is 0.423 e. The van der Waals surface area contributed by atoms with Crippen LogP contribution in [0, 0.1) is 23.0 Å². The Hall–Kier alpha value is -3.52. The third-order valence-corrected chi connectivity index (χ3v) is 4.97. The van der Waals surface area contributed by atoms with Crippen LogP contribution in [0.2, 0.25) is 0 Å². The number of carbonyl (C=O) groups is 1. The Balaban J connectivity index is 1.64. The molecule has 3 aromatic carbocycles. The minimum Gasteiger partial charge on any atom is -0.423 e. The van der Waals surface area contributed by atoms with E-state index in [1.807, 2.05) is 12.1 Å². The second-order valence-electron chi connectivity index (χ2n) is 6.62. The summed E-state index contributed by atoms with van der Waals surface area (Å²) in [6.07, 6.45) is 1.31. The predicted molar refractivity (Wildman–Crippen MR) is 100 cm³/mol. The summed E-state index contributed by atoms with van der Waals surface area (Å²) in [4.78, 5) is 12.4. The van der Waals surface area contributed by atoms with Gasteiger partial charge in [0.1, 0.15) is 23.5 Å². The maximum atomic E-state index is 15.1. The average Bonchev–Trinajstić information content (AvgIpc) is 3.07. The van der Waals surface area contributed by atoms with Gasteiger partial charge in [-0.15, -0.1) is 0 Å². The lowest BCUT2D eigenvalue weighted by molar-refractivity contribution is 0.0729. The fourth-order valence-corrected chi connectivity index (χ4v) is 3.48. The van der Waals surface area contributed by atoms with Crippen LogP contribution in [0.5, 0.6) is 5.75 Å². The molecule has 28 heavy (non-hydrogen) atoms. The van der Waals surface area contributed by atoms with Crippen LogP contribution < -0.4 is 4.74 Å². The van der Waals surface area contributed by atoms with E-state index in [0.29, 0.717) is 12.0 Å². The van der Waals surface area contributed by atoms with Crippen molar-refractivity contribution in [2.75, 3.05) is 0 Å². The second kappa shape index (κ2) is 6.90. The topological polar surface area (TPSA) is 50.1 Å². The van der Waals surface area contributed by atoms with E-state index in [4.69, 9.17) is 10.00 Å². The number of ether oxygens (including phenoxy) is 1. The number of rotatable bonds is 3. The summed E-state index contributed by atoms with van der Waals surface area (Å²) in [5.74, 6) is -2.41. The summed E-state index contributed by atoms with van der Waals surface area (Å²) < 4.78 is 33.8. The highest BCUT2D eigenvalue weighted by molar-refractivity contribution is 5.93. The Morgan fingerprint density at radius 3 is 2.61 bits per heavy atom. The Bertz CT molecular complexity index is 1160. The molecule has 0 amide bonds. The lowest BCUT2D eigenvalue weighted by Crippen LogP contribution is -2.12. The first-order valence-corrected chi connectivity index (χ1v) is 8.87.